The van der Waals surface area contributed by atoms with E-state index in [-0.39, 0.29) is 19.2 Å². The van der Waals surface area contributed by atoms with E-state index in [1.807, 2.05) is 0 Å². The number of hydrogen-bond donors (Lipinski definition) is 1. The van der Waals surface area contributed by atoms with Crippen molar-refractivity contribution < 1.29 is 24.2 Å². The highest BCUT2D eigenvalue weighted by Crippen LogP contribution is 2.10. The van der Waals surface area contributed by atoms with E-state index in [2.05, 4.69) is 24.8 Å². The molecule has 0 aliphatic heterocycles. The minimum absolute atomic E-state index is 0.0473. The summed E-state index contributed by atoms with van der Waals surface area (Å²) < 4.78 is 9.37. The predicted octanol–water partition coefficient (Wildman–Crippen LogP) is 4.73. The molecule has 0 aliphatic carbocycles. The molecule has 0 heterocycles. The highest BCUT2D eigenvalue weighted by Gasteiger charge is 2.00. The smallest absolute Gasteiger partial charge is 0.333 e. The Morgan fingerprint density at radius 3 is 1.81 bits per heavy atom. The highest BCUT2D eigenvalue weighted by atomic mass is 16.5. The van der Waals surface area contributed by atoms with Crippen molar-refractivity contribution in [2.24, 2.45) is 0 Å². The molecule has 0 amide bonds. The van der Waals surface area contributed by atoms with E-state index in [1.54, 1.807) is 6.92 Å². The van der Waals surface area contributed by atoms with Crippen molar-refractivity contribution in [2.75, 3.05) is 19.8 Å². The fourth-order valence-corrected chi connectivity index (χ4v) is 2.08. The second kappa shape index (κ2) is 21.4. The van der Waals surface area contributed by atoms with Gasteiger partial charge in [0.25, 0.3) is 0 Å². The topological polar surface area (TPSA) is 72.8 Å². The van der Waals surface area contributed by atoms with E-state index in [0.29, 0.717) is 12.2 Å². The predicted molar refractivity (Wildman–Crippen MR) is 106 cm³/mol. The van der Waals surface area contributed by atoms with Crippen LogP contribution in [0.4, 0.5) is 0 Å². The molecule has 0 fully saturated rings. The van der Waals surface area contributed by atoms with E-state index in [1.165, 1.54) is 63.9 Å². The molecule has 0 spiro atoms. The SMILES string of the molecule is C=C(C)C(=O)OCCO.C=CC(=O)OCCCCCCCCCCCC. The Morgan fingerprint density at radius 1 is 0.885 bits per heavy atom. The number of esters is 2. The summed E-state index contributed by atoms with van der Waals surface area (Å²) in [5.41, 5.74) is 0.350. The minimum atomic E-state index is -0.455. The van der Waals surface area contributed by atoms with Gasteiger partial charge in [-0.05, 0) is 13.3 Å². The van der Waals surface area contributed by atoms with Gasteiger partial charge in [0, 0.05) is 11.6 Å². The average molecular weight is 371 g/mol. The van der Waals surface area contributed by atoms with Gasteiger partial charge in [0.2, 0.25) is 0 Å². The van der Waals surface area contributed by atoms with Crippen molar-refractivity contribution >= 4 is 11.9 Å². The van der Waals surface area contributed by atoms with E-state index >= 15 is 0 Å². The van der Waals surface area contributed by atoms with Crippen LogP contribution in [0.15, 0.2) is 24.8 Å². The molecule has 5 heteroatoms. The molecule has 1 N–H and O–H groups in total. The monoisotopic (exact) mass is 370 g/mol. The van der Waals surface area contributed by atoms with Gasteiger partial charge < -0.3 is 14.6 Å². The van der Waals surface area contributed by atoms with Crippen molar-refractivity contribution in [2.45, 2.75) is 78.1 Å². The Labute approximate surface area is 159 Å². The van der Waals surface area contributed by atoms with E-state index in [4.69, 9.17) is 9.84 Å². The van der Waals surface area contributed by atoms with Gasteiger partial charge >= 0.3 is 11.9 Å². The zero-order chi connectivity index (χ0) is 20.0. The first-order valence-corrected chi connectivity index (χ1v) is 9.72. The zero-order valence-electron chi connectivity index (χ0n) is 16.8. The summed E-state index contributed by atoms with van der Waals surface area (Å²) in [7, 11) is 0. The number of hydrogen-bond acceptors (Lipinski definition) is 5. The lowest BCUT2D eigenvalue weighted by Gasteiger charge is -2.03. The van der Waals surface area contributed by atoms with Crippen LogP contribution in [0.2, 0.25) is 0 Å². The molecular weight excluding hydrogens is 332 g/mol. The summed E-state index contributed by atoms with van der Waals surface area (Å²) in [4.78, 5) is 21.2. The van der Waals surface area contributed by atoms with Crippen LogP contribution in [0.1, 0.15) is 78.1 Å². The Morgan fingerprint density at radius 2 is 1.38 bits per heavy atom. The van der Waals surface area contributed by atoms with Crippen LogP contribution in [0.3, 0.4) is 0 Å². The van der Waals surface area contributed by atoms with Crippen LogP contribution >= 0.6 is 0 Å². The van der Waals surface area contributed by atoms with Crippen molar-refractivity contribution in [1.29, 1.82) is 0 Å². The molecule has 0 radical (unpaired) electrons. The number of ether oxygens (including phenoxy) is 2. The van der Waals surface area contributed by atoms with Crippen LogP contribution in [0, 0.1) is 0 Å². The number of unbranched alkanes of at least 4 members (excludes halogenated alkanes) is 9. The molecule has 152 valence electrons. The Hall–Kier alpha value is -1.62. The lowest BCUT2D eigenvalue weighted by Crippen LogP contribution is -2.08. The first kappa shape index (κ1) is 26.6. The molecule has 5 nitrogen and oxygen atoms in total. The molecule has 0 aromatic heterocycles. The lowest BCUT2D eigenvalue weighted by atomic mass is 10.1. The second-order valence-electron chi connectivity index (χ2n) is 6.19. The normalized spacial score (nSPS) is 9.65. The van der Waals surface area contributed by atoms with Gasteiger partial charge in [0.05, 0.1) is 13.2 Å². The van der Waals surface area contributed by atoms with E-state index in [9.17, 15) is 9.59 Å². The van der Waals surface area contributed by atoms with Crippen molar-refractivity contribution in [3.63, 3.8) is 0 Å². The molecule has 0 saturated heterocycles. The van der Waals surface area contributed by atoms with Gasteiger partial charge in [-0.15, -0.1) is 0 Å². The van der Waals surface area contributed by atoms with Crippen molar-refractivity contribution in [1.82, 2.24) is 0 Å². The number of carbonyl (C=O) groups excluding carboxylic acids is 2. The molecule has 0 aromatic rings. The molecule has 0 unspecified atom stereocenters. The maximum atomic E-state index is 10.7. The Bertz CT molecular complexity index is 377. The van der Waals surface area contributed by atoms with E-state index in [0.717, 1.165) is 6.42 Å². The zero-order valence-corrected chi connectivity index (χ0v) is 16.8. The van der Waals surface area contributed by atoms with Gasteiger partial charge in [0.1, 0.15) is 6.61 Å². The summed E-state index contributed by atoms with van der Waals surface area (Å²) in [6.45, 7) is 11.0. The van der Waals surface area contributed by atoms with Crippen LogP contribution in [0.5, 0.6) is 0 Å². The third-order valence-corrected chi connectivity index (χ3v) is 3.58. The molecule has 26 heavy (non-hydrogen) atoms. The van der Waals surface area contributed by atoms with Gasteiger partial charge in [-0.3, -0.25) is 0 Å². The fourth-order valence-electron chi connectivity index (χ4n) is 2.08. The lowest BCUT2D eigenvalue weighted by molar-refractivity contribution is -0.140. The highest BCUT2D eigenvalue weighted by molar-refractivity contribution is 5.86. The molecule has 0 aliphatic rings. The standard InChI is InChI=1S/C15H28O2.C6H10O3/c1-3-5-6-7-8-9-10-11-12-13-14-17-15(16)4-2;1-5(2)6(8)9-4-3-7/h4H,2-3,5-14H2,1H3;7H,1,3-4H2,2H3. The molecule has 0 atom stereocenters. The van der Waals surface area contributed by atoms with Crippen LogP contribution in [-0.2, 0) is 19.1 Å². The van der Waals surface area contributed by atoms with Gasteiger partial charge in [-0.2, -0.15) is 0 Å². The average Bonchev–Trinajstić information content (AvgIpc) is 2.64. The second-order valence-corrected chi connectivity index (χ2v) is 6.19. The van der Waals surface area contributed by atoms with Crippen LogP contribution in [-0.4, -0.2) is 36.9 Å². The largest absolute Gasteiger partial charge is 0.463 e. The number of aliphatic hydroxyl groups excluding tert-OH is 1. The first-order valence-electron chi connectivity index (χ1n) is 9.72. The van der Waals surface area contributed by atoms with Gasteiger partial charge in [-0.1, -0.05) is 77.9 Å². The van der Waals surface area contributed by atoms with Crippen molar-refractivity contribution in [3.05, 3.63) is 24.8 Å². The Balaban J connectivity index is 0. The van der Waals surface area contributed by atoms with Crippen LogP contribution in [0.25, 0.3) is 0 Å². The third-order valence-electron chi connectivity index (χ3n) is 3.58. The molecular formula is C21H38O5. The quantitative estimate of drug-likeness (QED) is 0.256. The number of aliphatic hydroxyl groups is 1. The summed E-state index contributed by atoms with van der Waals surface area (Å²) in [5.74, 6) is -0.759. The maximum absolute atomic E-state index is 10.7. The Kier molecular flexibility index (Phi) is 21.9. The fraction of sp³-hybridized carbons (Fsp3) is 0.714. The van der Waals surface area contributed by atoms with E-state index < -0.39 is 5.97 Å². The first-order chi connectivity index (χ1) is 12.5. The summed E-state index contributed by atoms with van der Waals surface area (Å²) >= 11 is 0. The molecule has 0 aromatic carbocycles. The summed E-state index contributed by atoms with van der Waals surface area (Å²) in [6, 6.07) is 0. The summed E-state index contributed by atoms with van der Waals surface area (Å²) in [6.07, 6.45) is 14.2. The molecule has 0 saturated carbocycles. The maximum Gasteiger partial charge on any atom is 0.333 e. The number of rotatable bonds is 15. The molecule has 0 rings (SSSR count). The van der Waals surface area contributed by atoms with Crippen molar-refractivity contribution in [3.8, 4) is 0 Å². The van der Waals surface area contributed by atoms with Gasteiger partial charge in [-0.25, -0.2) is 9.59 Å². The summed E-state index contributed by atoms with van der Waals surface area (Å²) in [5, 5.41) is 8.19. The molecule has 0 bridgehead atoms. The minimum Gasteiger partial charge on any atom is -0.463 e. The number of carbonyl (C=O) groups is 2. The third kappa shape index (κ3) is 22.4. The van der Waals surface area contributed by atoms with Gasteiger partial charge in [0.15, 0.2) is 0 Å². The van der Waals surface area contributed by atoms with Crippen LogP contribution < -0.4 is 0 Å².